The van der Waals surface area contributed by atoms with Crippen LogP contribution < -0.4 is 0 Å². The fourth-order valence-corrected chi connectivity index (χ4v) is 10.6. The molecule has 10 atom stereocenters. The first kappa shape index (κ1) is 23.7. The molecule has 0 aliphatic heterocycles. The topological polar surface area (TPSA) is 17.1 Å². The summed E-state index contributed by atoms with van der Waals surface area (Å²) in [6, 6.07) is 0. The first-order valence-corrected chi connectivity index (χ1v) is 14.2. The minimum Gasteiger partial charge on any atom is -0.281 e. The number of hydrogen-bond acceptors (Lipinski definition) is 1. The van der Waals surface area contributed by atoms with Crippen LogP contribution >= 0.6 is 23.2 Å². The van der Waals surface area contributed by atoms with Gasteiger partial charge in [-0.25, -0.2) is 0 Å². The Kier molecular flexibility index (Phi) is 5.38. The normalized spacial score (nSPS) is 57.4. The van der Waals surface area contributed by atoms with Gasteiger partial charge in [0, 0.05) is 10.8 Å². The summed E-state index contributed by atoms with van der Waals surface area (Å²) in [6.45, 7) is 14.9. The molecule has 5 aliphatic rings. The zero-order valence-corrected chi connectivity index (χ0v) is 22.7. The van der Waals surface area contributed by atoms with Crippen molar-refractivity contribution >= 4 is 28.4 Å². The zero-order valence-electron chi connectivity index (χ0n) is 21.2. The summed E-state index contributed by atoms with van der Waals surface area (Å²) in [7, 11) is 0. The van der Waals surface area contributed by atoms with Crippen molar-refractivity contribution in [2.75, 3.05) is 0 Å². The maximum atomic E-state index is 12.4. The van der Waals surface area contributed by atoms with E-state index in [-0.39, 0.29) is 16.1 Å². The highest BCUT2D eigenvalue weighted by atomic mass is 35.5. The van der Waals surface area contributed by atoms with Crippen LogP contribution in [-0.2, 0) is 4.79 Å². The van der Waals surface area contributed by atoms with Crippen molar-refractivity contribution in [3.05, 3.63) is 11.6 Å². The molecule has 4 fully saturated rings. The third kappa shape index (κ3) is 2.91. The molecule has 0 saturated heterocycles. The van der Waals surface area contributed by atoms with E-state index in [0.29, 0.717) is 33.5 Å². The predicted molar refractivity (Wildman–Crippen MR) is 135 cm³/mol. The molecule has 0 aromatic carbocycles. The summed E-state index contributed by atoms with van der Waals surface area (Å²) in [6.07, 6.45) is 14.6. The molecule has 4 saturated carbocycles. The van der Waals surface area contributed by atoms with E-state index in [0.717, 1.165) is 31.1 Å². The van der Waals surface area contributed by atoms with E-state index >= 15 is 0 Å². The van der Waals surface area contributed by atoms with Gasteiger partial charge in [-0.05, 0) is 121 Å². The molecular formula is C29H44Cl2O. The van der Waals surface area contributed by atoms with Gasteiger partial charge in [0.25, 0.3) is 0 Å². The molecule has 5 aliphatic carbocycles. The van der Waals surface area contributed by atoms with Crippen LogP contribution in [0.3, 0.4) is 0 Å². The molecule has 0 aromatic heterocycles. The third-order valence-corrected chi connectivity index (χ3v) is 13.9. The number of carbonyl (C=O) groups is 1. The molecule has 32 heavy (non-hydrogen) atoms. The van der Waals surface area contributed by atoms with Crippen molar-refractivity contribution in [3.63, 3.8) is 0 Å². The second kappa shape index (κ2) is 7.25. The fraction of sp³-hybridized carbons (Fsp3) is 0.897. The second-order valence-electron chi connectivity index (χ2n) is 14.0. The van der Waals surface area contributed by atoms with Gasteiger partial charge < -0.3 is 0 Å². The Labute approximate surface area is 206 Å². The molecule has 0 heterocycles. The monoisotopic (exact) mass is 478 g/mol. The van der Waals surface area contributed by atoms with Gasteiger partial charge in [-0.2, -0.15) is 0 Å². The zero-order chi connectivity index (χ0) is 23.3. The van der Waals surface area contributed by atoms with E-state index < -0.39 is 0 Å². The number of rotatable bonds is 1. The Morgan fingerprint density at radius 2 is 1.66 bits per heavy atom. The fourth-order valence-electron chi connectivity index (χ4n) is 10.1. The Morgan fingerprint density at radius 1 is 0.969 bits per heavy atom. The lowest BCUT2D eigenvalue weighted by Crippen LogP contribution is -2.62. The van der Waals surface area contributed by atoms with E-state index in [1.54, 1.807) is 5.57 Å². The number of carbonyl (C=O) groups excluding carboxylic acids is 1. The molecule has 0 N–H and O–H groups in total. The highest BCUT2D eigenvalue weighted by Crippen LogP contribution is 2.75. The summed E-state index contributed by atoms with van der Waals surface area (Å²) in [5, 5.41) is 0.235. The summed E-state index contributed by atoms with van der Waals surface area (Å²) < 4.78 is 0. The van der Waals surface area contributed by atoms with Gasteiger partial charge in [0.2, 0.25) is 5.24 Å². The van der Waals surface area contributed by atoms with E-state index in [2.05, 4.69) is 47.6 Å². The molecule has 0 radical (unpaired) electrons. The average Bonchev–Trinajstić information content (AvgIpc) is 2.73. The molecule has 3 heteroatoms. The summed E-state index contributed by atoms with van der Waals surface area (Å²) >= 11 is 13.0. The first-order valence-electron chi connectivity index (χ1n) is 13.4. The van der Waals surface area contributed by atoms with Gasteiger partial charge in [-0.3, -0.25) is 4.79 Å². The summed E-state index contributed by atoms with van der Waals surface area (Å²) in [4.78, 5) is 12.4. The first-order chi connectivity index (χ1) is 14.8. The van der Waals surface area contributed by atoms with E-state index in [1.807, 2.05) is 0 Å². The molecule has 0 amide bonds. The van der Waals surface area contributed by atoms with Crippen LogP contribution in [0.2, 0.25) is 0 Å². The molecule has 180 valence electrons. The van der Waals surface area contributed by atoms with Crippen LogP contribution in [0.25, 0.3) is 0 Å². The van der Waals surface area contributed by atoms with Gasteiger partial charge in [0.1, 0.15) is 0 Å². The van der Waals surface area contributed by atoms with Crippen molar-refractivity contribution in [2.45, 2.75) is 111 Å². The van der Waals surface area contributed by atoms with Gasteiger partial charge in [0.05, 0.1) is 0 Å². The highest BCUT2D eigenvalue weighted by Gasteiger charge is 2.66. The Balaban J connectivity index is 1.56. The highest BCUT2D eigenvalue weighted by molar-refractivity contribution is 6.64. The maximum absolute atomic E-state index is 12.4. The van der Waals surface area contributed by atoms with Crippen LogP contribution in [-0.4, -0.2) is 10.6 Å². The van der Waals surface area contributed by atoms with Crippen molar-refractivity contribution in [3.8, 4) is 0 Å². The number of fused-ring (bicyclic) bond motifs is 7. The van der Waals surface area contributed by atoms with Crippen molar-refractivity contribution in [1.82, 2.24) is 0 Å². The molecule has 2 unspecified atom stereocenters. The number of alkyl halides is 1. The van der Waals surface area contributed by atoms with Crippen LogP contribution in [0.15, 0.2) is 11.6 Å². The molecular weight excluding hydrogens is 435 g/mol. The van der Waals surface area contributed by atoms with Crippen LogP contribution in [0.5, 0.6) is 0 Å². The van der Waals surface area contributed by atoms with Crippen molar-refractivity contribution in [2.24, 2.45) is 50.7 Å². The van der Waals surface area contributed by atoms with E-state index in [1.165, 1.54) is 44.9 Å². The molecule has 0 spiro atoms. The lowest BCUT2D eigenvalue weighted by molar-refractivity contribution is -0.164. The number of halogens is 2. The molecule has 0 aromatic rings. The van der Waals surface area contributed by atoms with Gasteiger partial charge in [-0.15, -0.1) is 11.6 Å². The Bertz CT molecular complexity index is 850. The lowest BCUT2D eigenvalue weighted by atomic mass is 9.34. The minimum atomic E-state index is -0.361. The smallest absolute Gasteiger partial charge is 0.227 e. The molecule has 5 rings (SSSR count). The lowest BCUT2D eigenvalue weighted by Gasteiger charge is -2.70. The summed E-state index contributed by atoms with van der Waals surface area (Å²) in [5.74, 6) is 2.63. The Hall–Kier alpha value is -0.0100. The van der Waals surface area contributed by atoms with Crippen LogP contribution in [0, 0.1) is 50.7 Å². The Morgan fingerprint density at radius 3 is 2.34 bits per heavy atom. The SMILES string of the molecule is C[C@@H]1C2CC[C@]3(C)C(CC=C4[C@@H]5C[C@@](C)(C(=O)Cl)CC[C@]5(C)CC[C@]43C)[C@@]2(C)CC[C@@H]1Cl. The maximum Gasteiger partial charge on any atom is 0.227 e. The summed E-state index contributed by atoms with van der Waals surface area (Å²) in [5.41, 5.74) is 2.64. The van der Waals surface area contributed by atoms with Gasteiger partial charge >= 0.3 is 0 Å². The minimum absolute atomic E-state index is 0.118. The number of hydrogen-bond donors (Lipinski definition) is 0. The third-order valence-electron chi connectivity index (χ3n) is 12.8. The van der Waals surface area contributed by atoms with Gasteiger partial charge in [-0.1, -0.05) is 53.2 Å². The average molecular weight is 480 g/mol. The second-order valence-corrected chi connectivity index (χ2v) is 14.9. The van der Waals surface area contributed by atoms with Crippen molar-refractivity contribution in [1.29, 1.82) is 0 Å². The standard InChI is InChI=1S/C29H44Cl2O/c1-18-19-9-12-29(6)23(27(19,4)11-10-22(18)30)8-7-20-21-17-26(3,24(31)32)14-13-25(21,2)15-16-28(20,29)5/h7,18-19,21-23H,8-17H2,1-6H3/t18-,19?,21+,22+,23?,25-,26+,27+,28-,29-/m1/s1. The predicted octanol–water partition coefficient (Wildman–Crippen LogP) is 8.77. The molecule has 1 nitrogen and oxygen atoms in total. The van der Waals surface area contributed by atoms with E-state index in [9.17, 15) is 4.79 Å². The van der Waals surface area contributed by atoms with Gasteiger partial charge in [0.15, 0.2) is 0 Å². The number of allylic oxidation sites excluding steroid dienone is 2. The molecule has 0 bridgehead atoms. The van der Waals surface area contributed by atoms with Crippen LogP contribution in [0.4, 0.5) is 0 Å². The van der Waals surface area contributed by atoms with Crippen LogP contribution in [0.1, 0.15) is 106 Å². The largest absolute Gasteiger partial charge is 0.281 e. The van der Waals surface area contributed by atoms with E-state index in [4.69, 9.17) is 23.2 Å². The van der Waals surface area contributed by atoms with Crippen molar-refractivity contribution < 1.29 is 4.79 Å². The quantitative estimate of drug-likeness (QED) is 0.209.